The number of ether oxygens (including phenoxy) is 1. The van der Waals surface area contributed by atoms with E-state index >= 15 is 0 Å². The van der Waals surface area contributed by atoms with E-state index in [1.807, 2.05) is 0 Å². The molecule has 0 aromatic carbocycles. The average molecular weight is 222 g/mol. The Morgan fingerprint density at radius 1 is 1.00 bits per heavy atom. The van der Waals surface area contributed by atoms with Crippen molar-refractivity contribution in [3.63, 3.8) is 0 Å². The van der Waals surface area contributed by atoms with Crippen LogP contribution in [-0.2, 0) is 14.3 Å². The zero-order valence-electron chi connectivity index (χ0n) is 8.32. The Labute approximate surface area is 86.2 Å². The first-order chi connectivity index (χ1) is 6.75. The van der Waals surface area contributed by atoms with E-state index in [2.05, 4.69) is 4.74 Å². The van der Waals surface area contributed by atoms with Gasteiger partial charge in [-0.3, -0.25) is 9.59 Å². The van der Waals surface area contributed by atoms with Gasteiger partial charge >= 0.3 is 0 Å². The molecule has 0 amide bonds. The molecule has 0 bridgehead atoms. The summed E-state index contributed by atoms with van der Waals surface area (Å²) in [5.41, 5.74) is 0. The highest BCUT2D eigenvalue weighted by Gasteiger charge is 2.11. The Morgan fingerprint density at radius 2 is 1.20 bits per heavy atom. The Bertz CT molecular complexity index is 193. The number of aliphatic carboxylic acids is 2. The maximum absolute atomic E-state index is 9.00. The third-order valence-corrected chi connectivity index (χ3v) is 0.719. The van der Waals surface area contributed by atoms with E-state index in [9.17, 15) is 0 Å². The van der Waals surface area contributed by atoms with Gasteiger partial charge < -0.3 is 25.2 Å². The van der Waals surface area contributed by atoms with E-state index in [4.69, 9.17) is 30.0 Å². The molecule has 0 unspecified atom stereocenters. The van der Waals surface area contributed by atoms with Crippen molar-refractivity contribution >= 4 is 11.9 Å². The van der Waals surface area contributed by atoms with Crippen LogP contribution < -0.4 is 0 Å². The number of carboxylic acids is 2. The van der Waals surface area contributed by atoms with Crippen LogP contribution >= 0.6 is 0 Å². The maximum atomic E-state index is 9.00. The molecule has 0 saturated heterocycles. The predicted octanol–water partition coefficient (Wildman–Crippen LogP) is -0.609. The monoisotopic (exact) mass is 222 g/mol. The van der Waals surface area contributed by atoms with Crippen LogP contribution in [0.25, 0.3) is 0 Å². The molecular formula is C8H14O7. The third-order valence-electron chi connectivity index (χ3n) is 0.719. The second kappa shape index (κ2) is 9.13. The van der Waals surface area contributed by atoms with E-state index in [1.165, 1.54) is 12.2 Å². The van der Waals surface area contributed by atoms with Crippen LogP contribution in [0.1, 0.15) is 13.8 Å². The molecule has 2 atom stereocenters. The Balaban J connectivity index is 0. The van der Waals surface area contributed by atoms with Crippen molar-refractivity contribution in [1.29, 1.82) is 0 Å². The summed E-state index contributed by atoms with van der Waals surface area (Å²) in [4.78, 5) is 18.0. The predicted molar refractivity (Wildman–Crippen MR) is 48.9 cm³/mol. The summed E-state index contributed by atoms with van der Waals surface area (Å²) in [7, 11) is 0. The largest absolute Gasteiger partial charge is 0.481 e. The minimum atomic E-state index is -0.907. The van der Waals surface area contributed by atoms with Gasteiger partial charge in [0.1, 0.15) is 0 Å². The van der Waals surface area contributed by atoms with Crippen LogP contribution in [0.15, 0.2) is 12.2 Å². The van der Waals surface area contributed by atoms with Crippen molar-refractivity contribution in [3.8, 4) is 0 Å². The van der Waals surface area contributed by atoms with Gasteiger partial charge in [-0.1, -0.05) is 0 Å². The minimum absolute atomic E-state index is 0.833. The highest BCUT2D eigenvalue weighted by atomic mass is 16.7. The summed E-state index contributed by atoms with van der Waals surface area (Å²) >= 11 is 0. The van der Waals surface area contributed by atoms with Crippen molar-refractivity contribution in [1.82, 2.24) is 0 Å². The van der Waals surface area contributed by atoms with Crippen molar-refractivity contribution < 1.29 is 34.8 Å². The number of hydrogen-bond donors (Lipinski definition) is 4. The molecule has 0 spiro atoms. The van der Waals surface area contributed by atoms with Crippen LogP contribution in [0.3, 0.4) is 0 Å². The van der Waals surface area contributed by atoms with Gasteiger partial charge in [0.2, 0.25) is 0 Å². The second-order valence-electron chi connectivity index (χ2n) is 2.34. The first-order valence-electron chi connectivity index (χ1n) is 3.84. The summed E-state index contributed by atoms with van der Waals surface area (Å²) in [6.07, 6.45) is 0.944. The number of hydrogen-bond acceptors (Lipinski definition) is 5. The lowest BCUT2D eigenvalue weighted by Crippen LogP contribution is -2.09. The quantitative estimate of drug-likeness (QED) is 0.403. The lowest BCUT2D eigenvalue weighted by Gasteiger charge is -2.00. The smallest absolute Gasteiger partial charge is 0.300 e. The summed E-state index contributed by atoms with van der Waals surface area (Å²) in [6.45, 7) is 2.17. The molecule has 0 aromatic rings. The summed E-state index contributed by atoms with van der Waals surface area (Å²) < 4.78 is 4.36. The number of rotatable bonds is 0. The number of aliphatic hydroxyl groups excluding tert-OH is 2. The van der Waals surface area contributed by atoms with Crippen LogP contribution in [0.5, 0.6) is 0 Å². The maximum Gasteiger partial charge on any atom is 0.300 e. The van der Waals surface area contributed by atoms with Crippen molar-refractivity contribution in [2.45, 2.75) is 26.4 Å². The molecule has 0 radical (unpaired) electrons. The van der Waals surface area contributed by atoms with E-state index < -0.39 is 24.5 Å². The summed E-state index contributed by atoms with van der Waals surface area (Å²) in [5, 5.41) is 31.7. The molecule has 4 N–H and O–H groups in total. The Morgan fingerprint density at radius 3 is 1.27 bits per heavy atom. The number of carbonyl (C=O) groups is 2. The average Bonchev–Trinajstić information content (AvgIpc) is 2.31. The van der Waals surface area contributed by atoms with Gasteiger partial charge in [-0.05, 0) is 12.2 Å². The fourth-order valence-corrected chi connectivity index (χ4v) is 0.424. The minimum Gasteiger partial charge on any atom is -0.481 e. The van der Waals surface area contributed by atoms with E-state index in [0.717, 1.165) is 13.8 Å². The normalized spacial score (nSPS) is 21.9. The molecule has 7 nitrogen and oxygen atoms in total. The van der Waals surface area contributed by atoms with E-state index in [1.54, 1.807) is 0 Å². The van der Waals surface area contributed by atoms with E-state index in [-0.39, 0.29) is 0 Å². The van der Waals surface area contributed by atoms with Crippen molar-refractivity contribution in [2.75, 3.05) is 0 Å². The van der Waals surface area contributed by atoms with Gasteiger partial charge in [-0.25, -0.2) is 0 Å². The van der Waals surface area contributed by atoms with Crippen molar-refractivity contribution in [3.05, 3.63) is 12.2 Å². The zero-order chi connectivity index (χ0) is 12.4. The molecule has 0 aliphatic carbocycles. The molecule has 1 aliphatic rings. The molecule has 0 aromatic heterocycles. The molecule has 88 valence electrons. The molecule has 1 aliphatic heterocycles. The fraction of sp³-hybridized carbons (Fsp3) is 0.500. The van der Waals surface area contributed by atoms with E-state index in [0.29, 0.717) is 0 Å². The summed E-state index contributed by atoms with van der Waals surface area (Å²) in [6, 6.07) is 0. The van der Waals surface area contributed by atoms with Gasteiger partial charge in [-0.15, -0.1) is 0 Å². The summed E-state index contributed by atoms with van der Waals surface area (Å²) in [5.74, 6) is -1.67. The Kier molecular flexibility index (Phi) is 9.74. The molecule has 7 heteroatoms. The van der Waals surface area contributed by atoms with Gasteiger partial charge in [0.15, 0.2) is 12.6 Å². The van der Waals surface area contributed by atoms with Gasteiger partial charge in [0, 0.05) is 13.8 Å². The molecule has 0 fully saturated rings. The molecular weight excluding hydrogens is 208 g/mol. The second-order valence-corrected chi connectivity index (χ2v) is 2.34. The number of carboxylic acid groups (broad SMARTS) is 2. The van der Waals surface area contributed by atoms with Crippen LogP contribution in [0.4, 0.5) is 0 Å². The molecule has 1 heterocycles. The van der Waals surface area contributed by atoms with Crippen LogP contribution in [0, 0.1) is 0 Å². The third kappa shape index (κ3) is 24.5. The SMILES string of the molecule is CC(=O)O.CC(=O)O.O[C@@H]1C=C[C@H](O)O1. The van der Waals surface area contributed by atoms with Gasteiger partial charge in [-0.2, -0.15) is 0 Å². The topological polar surface area (TPSA) is 124 Å². The molecule has 15 heavy (non-hydrogen) atoms. The molecule has 0 saturated carbocycles. The van der Waals surface area contributed by atoms with Gasteiger partial charge in [0.05, 0.1) is 0 Å². The lowest BCUT2D eigenvalue weighted by atomic mass is 10.5. The highest BCUT2D eigenvalue weighted by Crippen LogP contribution is 2.04. The molecule has 1 rings (SSSR count). The van der Waals surface area contributed by atoms with Crippen molar-refractivity contribution in [2.24, 2.45) is 0 Å². The Hall–Kier alpha value is -1.44. The number of aliphatic hydroxyl groups is 2. The first-order valence-corrected chi connectivity index (χ1v) is 3.84. The zero-order valence-corrected chi connectivity index (χ0v) is 8.32. The lowest BCUT2D eigenvalue weighted by molar-refractivity contribution is -0.147. The first kappa shape index (κ1) is 16.0. The van der Waals surface area contributed by atoms with Gasteiger partial charge in [0.25, 0.3) is 11.9 Å². The van der Waals surface area contributed by atoms with Crippen LogP contribution in [0.2, 0.25) is 0 Å². The highest BCUT2D eigenvalue weighted by molar-refractivity contribution is 5.63. The fourth-order valence-electron chi connectivity index (χ4n) is 0.424. The standard InChI is InChI=1S/C4H6O3.2C2H4O2/c5-3-1-2-4(6)7-3;2*1-2(3)4/h1-6H;2*1H3,(H,3,4)/t3-,4+;;. The van der Waals surface area contributed by atoms with Crippen LogP contribution in [-0.4, -0.2) is 44.9 Å².